The van der Waals surface area contributed by atoms with Crippen LogP contribution >= 0.6 is 0 Å². The zero-order valence-corrected chi connectivity index (χ0v) is 20.6. The fraction of sp³-hybridized carbons (Fsp3) is 0.444. The predicted molar refractivity (Wildman–Crippen MR) is 131 cm³/mol. The van der Waals surface area contributed by atoms with Crippen molar-refractivity contribution in [2.75, 3.05) is 26.7 Å². The summed E-state index contributed by atoms with van der Waals surface area (Å²) in [6, 6.07) is 6.64. The number of nitrogens with zero attached hydrogens (tertiary/aromatic N) is 3. The number of rotatable bonds is 6. The Morgan fingerprint density at radius 1 is 1.37 bits per heavy atom. The van der Waals surface area contributed by atoms with E-state index in [1.807, 2.05) is 13.8 Å². The SMILES string of the molecule is CCCC#Cc1cnc2c(c1)C(=O)N([C@H](C)CO)C[C@H](C)[C@@H](CN(C)C(=O)c1ccc(F)cc1)O2. The molecular formula is C27H32FN3O4. The number of likely N-dealkylation sites (N-methyl/N-ethyl adjacent to an activating group) is 1. The Hall–Kier alpha value is -3.44. The van der Waals surface area contributed by atoms with Gasteiger partial charge in [0.1, 0.15) is 17.5 Å². The third-order valence-electron chi connectivity index (χ3n) is 6.02. The van der Waals surface area contributed by atoms with Gasteiger partial charge in [-0.25, -0.2) is 9.37 Å². The molecule has 1 N–H and O–H groups in total. The molecule has 0 unspecified atom stereocenters. The van der Waals surface area contributed by atoms with Crippen LogP contribution in [0.25, 0.3) is 0 Å². The number of benzene rings is 1. The summed E-state index contributed by atoms with van der Waals surface area (Å²) < 4.78 is 19.5. The number of aromatic nitrogens is 1. The minimum Gasteiger partial charge on any atom is -0.472 e. The van der Waals surface area contributed by atoms with E-state index in [9.17, 15) is 19.1 Å². The van der Waals surface area contributed by atoms with Gasteiger partial charge in [-0.1, -0.05) is 25.7 Å². The molecule has 186 valence electrons. The zero-order chi connectivity index (χ0) is 25.5. The first-order chi connectivity index (χ1) is 16.7. The summed E-state index contributed by atoms with van der Waals surface area (Å²) >= 11 is 0. The van der Waals surface area contributed by atoms with Gasteiger partial charge in [0.05, 0.1) is 19.2 Å². The minimum atomic E-state index is -0.478. The van der Waals surface area contributed by atoms with E-state index in [0.29, 0.717) is 17.7 Å². The average Bonchev–Trinajstić information content (AvgIpc) is 2.86. The second-order valence-electron chi connectivity index (χ2n) is 8.94. The molecule has 0 saturated carbocycles. The summed E-state index contributed by atoms with van der Waals surface area (Å²) in [5, 5.41) is 9.79. The van der Waals surface area contributed by atoms with Crippen molar-refractivity contribution in [2.45, 2.75) is 45.8 Å². The Morgan fingerprint density at radius 3 is 2.74 bits per heavy atom. The Kier molecular flexibility index (Phi) is 8.83. The van der Waals surface area contributed by atoms with Crippen LogP contribution < -0.4 is 4.74 Å². The molecule has 2 heterocycles. The number of hydrogen-bond acceptors (Lipinski definition) is 5. The maximum absolute atomic E-state index is 13.4. The van der Waals surface area contributed by atoms with Crippen LogP contribution in [0.3, 0.4) is 0 Å². The Balaban J connectivity index is 1.92. The monoisotopic (exact) mass is 481 g/mol. The van der Waals surface area contributed by atoms with Gasteiger partial charge in [0, 0.05) is 43.3 Å². The van der Waals surface area contributed by atoms with Crippen LogP contribution in [0.5, 0.6) is 5.88 Å². The van der Waals surface area contributed by atoms with Gasteiger partial charge in [0.25, 0.3) is 11.8 Å². The normalized spacial score (nSPS) is 18.3. The first kappa shape index (κ1) is 26.2. The summed E-state index contributed by atoms with van der Waals surface area (Å²) in [4.78, 5) is 33.8. The Morgan fingerprint density at radius 2 is 2.09 bits per heavy atom. The highest BCUT2D eigenvalue weighted by molar-refractivity contribution is 5.97. The fourth-order valence-electron chi connectivity index (χ4n) is 3.84. The van der Waals surface area contributed by atoms with Crippen molar-refractivity contribution < 1.29 is 23.8 Å². The van der Waals surface area contributed by atoms with Crippen LogP contribution in [0.1, 0.15) is 59.9 Å². The summed E-state index contributed by atoms with van der Waals surface area (Å²) in [6.45, 7) is 6.12. The number of carbonyl (C=O) groups excluding carboxylic acids is 2. The van der Waals surface area contributed by atoms with Gasteiger partial charge in [-0.05, 0) is 43.7 Å². The number of amides is 2. The Labute approximate surface area is 205 Å². The highest BCUT2D eigenvalue weighted by Gasteiger charge is 2.34. The van der Waals surface area contributed by atoms with Crippen molar-refractivity contribution in [2.24, 2.45) is 5.92 Å². The van der Waals surface area contributed by atoms with E-state index in [-0.39, 0.29) is 42.3 Å². The van der Waals surface area contributed by atoms with Gasteiger partial charge in [-0.3, -0.25) is 9.59 Å². The van der Waals surface area contributed by atoms with Gasteiger partial charge in [-0.2, -0.15) is 0 Å². The maximum Gasteiger partial charge on any atom is 0.259 e. The Bertz CT molecular complexity index is 1110. The van der Waals surface area contributed by atoms with Gasteiger partial charge in [0.15, 0.2) is 0 Å². The second kappa shape index (κ2) is 11.8. The van der Waals surface area contributed by atoms with E-state index in [2.05, 4.69) is 16.8 Å². The highest BCUT2D eigenvalue weighted by Crippen LogP contribution is 2.27. The van der Waals surface area contributed by atoms with Gasteiger partial charge >= 0.3 is 0 Å². The summed E-state index contributed by atoms with van der Waals surface area (Å²) in [5.41, 5.74) is 1.25. The lowest BCUT2D eigenvalue weighted by Crippen LogP contribution is -2.50. The van der Waals surface area contributed by atoms with Crippen molar-refractivity contribution in [1.82, 2.24) is 14.8 Å². The molecule has 1 aromatic carbocycles. The average molecular weight is 482 g/mol. The van der Waals surface area contributed by atoms with E-state index in [0.717, 1.165) is 12.8 Å². The van der Waals surface area contributed by atoms with E-state index in [4.69, 9.17) is 4.74 Å². The van der Waals surface area contributed by atoms with E-state index < -0.39 is 18.0 Å². The predicted octanol–water partition coefficient (Wildman–Crippen LogP) is 3.36. The van der Waals surface area contributed by atoms with Crippen molar-refractivity contribution in [1.29, 1.82) is 0 Å². The molecule has 0 radical (unpaired) electrons. The van der Waals surface area contributed by atoms with Crippen molar-refractivity contribution in [3.05, 3.63) is 59.0 Å². The quantitative estimate of drug-likeness (QED) is 0.640. The third-order valence-corrected chi connectivity index (χ3v) is 6.02. The number of halogens is 1. The number of unbranched alkanes of at least 4 members (excludes halogenated alkanes) is 1. The van der Waals surface area contributed by atoms with Crippen LogP contribution in [0.15, 0.2) is 36.5 Å². The number of ether oxygens (including phenoxy) is 1. The topological polar surface area (TPSA) is 83.0 Å². The number of carbonyl (C=O) groups is 2. The first-order valence-corrected chi connectivity index (χ1v) is 11.8. The summed E-state index contributed by atoms with van der Waals surface area (Å²) in [6.07, 6.45) is 2.77. The third kappa shape index (κ3) is 6.37. The van der Waals surface area contributed by atoms with Crippen LogP contribution in [-0.4, -0.2) is 70.6 Å². The summed E-state index contributed by atoms with van der Waals surface area (Å²) in [7, 11) is 1.65. The molecule has 1 aliphatic heterocycles. The molecule has 1 aromatic heterocycles. The molecule has 3 atom stereocenters. The lowest BCUT2D eigenvalue weighted by molar-refractivity contribution is 0.0313. The van der Waals surface area contributed by atoms with Crippen LogP contribution in [0, 0.1) is 23.6 Å². The number of aliphatic hydroxyl groups is 1. The van der Waals surface area contributed by atoms with Crippen molar-refractivity contribution in [3.63, 3.8) is 0 Å². The van der Waals surface area contributed by atoms with E-state index in [1.54, 1.807) is 31.1 Å². The fourth-order valence-corrected chi connectivity index (χ4v) is 3.84. The molecule has 0 bridgehead atoms. The van der Waals surface area contributed by atoms with Crippen LogP contribution in [0.4, 0.5) is 4.39 Å². The zero-order valence-electron chi connectivity index (χ0n) is 20.6. The maximum atomic E-state index is 13.4. The number of hydrogen-bond donors (Lipinski definition) is 1. The second-order valence-corrected chi connectivity index (χ2v) is 8.94. The molecule has 8 heteroatoms. The van der Waals surface area contributed by atoms with E-state index in [1.165, 1.54) is 29.2 Å². The molecular weight excluding hydrogens is 449 g/mol. The molecule has 2 aromatic rings. The molecule has 0 spiro atoms. The van der Waals surface area contributed by atoms with Gasteiger partial charge < -0.3 is 19.6 Å². The number of fused-ring (bicyclic) bond motifs is 1. The number of aliphatic hydroxyl groups excluding tert-OH is 1. The lowest BCUT2D eigenvalue weighted by atomic mass is 9.99. The van der Waals surface area contributed by atoms with Gasteiger partial charge in [0.2, 0.25) is 5.88 Å². The molecule has 1 aliphatic rings. The standard InChI is InChI=1S/C27H32FN3O4/c1-5-6-7-8-20-13-23-25(29-14-20)35-24(18(2)15-31(27(23)34)19(3)17-32)16-30(4)26(33)21-9-11-22(28)12-10-21/h9-14,18-19,24,32H,5-6,15-17H2,1-4H3/t18-,19+,24+/m0/s1. The molecule has 0 saturated heterocycles. The largest absolute Gasteiger partial charge is 0.472 e. The molecule has 3 rings (SSSR count). The van der Waals surface area contributed by atoms with Crippen LogP contribution in [0.2, 0.25) is 0 Å². The van der Waals surface area contributed by atoms with Crippen molar-refractivity contribution in [3.8, 4) is 17.7 Å². The summed E-state index contributed by atoms with van der Waals surface area (Å²) in [5.74, 6) is 5.12. The molecule has 2 amide bonds. The molecule has 0 aliphatic carbocycles. The number of pyridine rings is 1. The first-order valence-electron chi connectivity index (χ1n) is 11.8. The minimum absolute atomic E-state index is 0.171. The molecule has 0 fully saturated rings. The van der Waals surface area contributed by atoms with Crippen molar-refractivity contribution >= 4 is 11.8 Å². The van der Waals surface area contributed by atoms with Crippen LogP contribution in [-0.2, 0) is 0 Å². The highest BCUT2D eigenvalue weighted by atomic mass is 19.1. The smallest absolute Gasteiger partial charge is 0.259 e. The molecule has 35 heavy (non-hydrogen) atoms. The lowest BCUT2D eigenvalue weighted by Gasteiger charge is -2.37. The molecule has 7 nitrogen and oxygen atoms in total. The van der Waals surface area contributed by atoms with E-state index >= 15 is 0 Å². The van der Waals surface area contributed by atoms with Gasteiger partial charge in [-0.15, -0.1) is 0 Å².